The van der Waals surface area contributed by atoms with Gasteiger partial charge in [-0.05, 0) is 0 Å². The minimum atomic E-state index is -1.35. The molecule has 6 N–H and O–H groups in total. The quantitative estimate of drug-likeness (QED) is 0.308. The maximum Gasteiger partial charge on any atom is 0.173 e. The second-order valence-electron chi connectivity index (χ2n) is 2.81. The Hall–Kier alpha value is 0.279. The van der Waals surface area contributed by atoms with Gasteiger partial charge in [0.1, 0.15) is 18.3 Å². The van der Waals surface area contributed by atoms with Crippen molar-refractivity contribution in [3.05, 3.63) is 0 Å². The minimum absolute atomic E-state index is 0. The summed E-state index contributed by atoms with van der Waals surface area (Å²) in [5.74, 6) is 0. The van der Waals surface area contributed by atoms with E-state index in [2.05, 4.69) is 0 Å². The maximum absolute atomic E-state index is 9.20. The fourth-order valence-electron chi connectivity index (χ4n) is 1.12. The molecule has 7 heteroatoms. The molecule has 1 aliphatic rings. The first kappa shape index (κ1) is 13.3. The number of rotatable bonds is 1. The van der Waals surface area contributed by atoms with Crippen LogP contribution in [0.2, 0.25) is 0 Å². The van der Waals surface area contributed by atoms with Crippen molar-refractivity contribution >= 4 is 0 Å². The third-order valence-electron chi connectivity index (χ3n) is 1.95. The van der Waals surface area contributed by atoms with E-state index in [0.717, 1.165) is 0 Å². The van der Waals surface area contributed by atoms with Crippen LogP contribution in [0, 0.1) is 0 Å². The van der Waals surface area contributed by atoms with Crippen molar-refractivity contribution in [2.75, 3.05) is 6.61 Å². The van der Waals surface area contributed by atoms with Crippen molar-refractivity contribution < 1.29 is 42.2 Å². The Bertz CT molecular complexity index is 155. The molecule has 6 nitrogen and oxygen atoms in total. The van der Waals surface area contributed by atoms with Crippen LogP contribution in [0.3, 0.4) is 0 Å². The molecule has 5 atom stereocenters. The summed E-state index contributed by atoms with van der Waals surface area (Å²) < 4.78 is 4.70. The Morgan fingerprint density at radius 1 is 1.15 bits per heavy atom. The molecular weight excluding hydrogens is 230 g/mol. The summed E-state index contributed by atoms with van der Waals surface area (Å²) in [4.78, 5) is 0. The first-order valence-corrected chi connectivity index (χ1v) is 3.64. The molecular formula is C6H13CuNO5. The van der Waals surface area contributed by atoms with Gasteiger partial charge in [-0.25, -0.2) is 0 Å². The van der Waals surface area contributed by atoms with Crippen molar-refractivity contribution in [1.29, 1.82) is 0 Å². The zero-order valence-corrected chi connectivity index (χ0v) is 7.61. The van der Waals surface area contributed by atoms with Crippen molar-refractivity contribution in [1.82, 2.24) is 0 Å². The molecule has 0 spiro atoms. The van der Waals surface area contributed by atoms with Crippen LogP contribution in [-0.4, -0.2) is 57.7 Å². The molecule has 0 aromatic rings. The maximum atomic E-state index is 9.20. The predicted octanol–water partition coefficient (Wildman–Crippen LogP) is -3.26. The molecule has 0 amide bonds. The Morgan fingerprint density at radius 3 is 2.15 bits per heavy atom. The van der Waals surface area contributed by atoms with Crippen molar-refractivity contribution in [3.8, 4) is 0 Å². The van der Waals surface area contributed by atoms with Gasteiger partial charge in [0.2, 0.25) is 0 Å². The molecule has 1 unspecified atom stereocenters. The topological polar surface area (TPSA) is 116 Å². The van der Waals surface area contributed by atoms with Gasteiger partial charge < -0.3 is 30.9 Å². The SMILES string of the molecule is N[C@H]1C(O)O[C@H](CO)[C@@H](O)[C@@H]1O.[Cu]. The molecule has 1 aliphatic heterocycles. The van der Waals surface area contributed by atoms with E-state index in [1.54, 1.807) is 0 Å². The van der Waals surface area contributed by atoms with Crippen LogP contribution in [0.15, 0.2) is 0 Å². The summed E-state index contributed by atoms with van der Waals surface area (Å²) in [6.07, 6.45) is -4.85. The Labute approximate surface area is 85.8 Å². The van der Waals surface area contributed by atoms with E-state index in [-0.39, 0.29) is 17.1 Å². The van der Waals surface area contributed by atoms with Crippen LogP contribution >= 0.6 is 0 Å². The summed E-state index contributed by atoms with van der Waals surface area (Å²) >= 11 is 0. The summed E-state index contributed by atoms with van der Waals surface area (Å²) in [5, 5.41) is 36.1. The number of aliphatic hydroxyl groups is 4. The molecule has 0 bridgehead atoms. The molecule has 1 fully saturated rings. The Balaban J connectivity index is 0.00000144. The van der Waals surface area contributed by atoms with Crippen LogP contribution in [0.5, 0.6) is 0 Å². The van der Waals surface area contributed by atoms with Crippen molar-refractivity contribution in [2.45, 2.75) is 30.6 Å². The van der Waals surface area contributed by atoms with E-state index in [1.807, 2.05) is 0 Å². The summed E-state index contributed by atoms with van der Waals surface area (Å²) in [5.41, 5.74) is 5.26. The number of ether oxygens (including phenoxy) is 1. The van der Waals surface area contributed by atoms with E-state index in [0.29, 0.717) is 0 Å². The summed E-state index contributed by atoms with van der Waals surface area (Å²) in [7, 11) is 0. The van der Waals surface area contributed by atoms with Gasteiger partial charge >= 0.3 is 0 Å². The van der Waals surface area contributed by atoms with Gasteiger partial charge in [0, 0.05) is 17.1 Å². The Kier molecular flexibility index (Phi) is 5.34. The van der Waals surface area contributed by atoms with Gasteiger partial charge in [-0.2, -0.15) is 0 Å². The molecule has 1 saturated heterocycles. The van der Waals surface area contributed by atoms with Crippen molar-refractivity contribution in [3.63, 3.8) is 0 Å². The molecule has 0 aromatic heterocycles. The minimum Gasteiger partial charge on any atom is -0.394 e. The van der Waals surface area contributed by atoms with Crippen LogP contribution < -0.4 is 5.73 Å². The predicted molar refractivity (Wildman–Crippen MR) is 38.0 cm³/mol. The van der Waals surface area contributed by atoms with Gasteiger partial charge in [0.05, 0.1) is 12.6 Å². The number of nitrogens with two attached hydrogens (primary N) is 1. The Morgan fingerprint density at radius 2 is 1.69 bits per heavy atom. The van der Waals surface area contributed by atoms with E-state index < -0.39 is 37.3 Å². The van der Waals surface area contributed by atoms with E-state index in [1.165, 1.54) is 0 Å². The van der Waals surface area contributed by atoms with E-state index in [9.17, 15) is 10.2 Å². The normalized spacial score (nSPS) is 45.5. The fourth-order valence-corrected chi connectivity index (χ4v) is 1.12. The monoisotopic (exact) mass is 242 g/mol. The molecule has 1 radical (unpaired) electrons. The largest absolute Gasteiger partial charge is 0.394 e. The third-order valence-corrected chi connectivity index (χ3v) is 1.95. The van der Waals surface area contributed by atoms with Crippen LogP contribution in [-0.2, 0) is 21.8 Å². The van der Waals surface area contributed by atoms with Crippen molar-refractivity contribution in [2.24, 2.45) is 5.73 Å². The molecule has 0 saturated carbocycles. The fraction of sp³-hybridized carbons (Fsp3) is 1.00. The number of hydrogen-bond acceptors (Lipinski definition) is 6. The first-order chi connectivity index (χ1) is 5.57. The molecule has 1 heterocycles. The molecule has 0 aliphatic carbocycles. The van der Waals surface area contributed by atoms with E-state index in [4.69, 9.17) is 20.7 Å². The molecule has 1 rings (SSSR count). The average Bonchev–Trinajstić information content (AvgIpc) is 2.08. The van der Waals surface area contributed by atoms with Crippen LogP contribution in [0.25, 0.3) is 0 Å². The molecule has 0 aromatic carbocycles. The van der Waals surface area contributed by atoms with Gasteiger partial charge in [-0.15, -0.1) is 0 Å². The summed E-state index contributed by atoms with van der Waals surface area (Å²) in [6, 6.07) is -1.04. The van der Waals surface area contributed by atoms with E-state index >= 15 is 0 Å². The van der Waals surface area contributed by atoms with Gasteiger partial charge in [-0.3, -0.25) is 0 Å². The summed E-state index contributed by atoms with van der Waals surface area (Å²) in [6.45, 7) is -0.470. The number of aliphatic hydroxyl groups excluding tert-OH is 4. The standard InChI is InChI=1S/C6H13NO5.Cu/c7-3-5(10)4(9)2(1-8)12-6(3)11;/h2-6,8-11H,1,7H2;/t2-,3-,4-,5-,6?;/m1./s1. The van der Waals surface area contributed by atoms with Crippen LogP contribution in [0.1, 0.15) is 0 Å². The first-order valence-electron chi connectivity index (χ1n) is 3.64. The molecule has 13 heavy (non-hydrogen) atoms. The zero-order chi connectivity index (χ0) is 9.30. The average molecular weight is 243 g/mol. The smallest absolute Gasteiger partial charge is 0.173 e. The second-order valence-corrected chi connectivity index (χ2v) is 2.81. The number of hydrogen-bond donors (Lipinski definition) is 5. The van der Waals surface area contributed by atoms with Crippen LogP contribution in [0.4, 0.5) is 0 Å². The molecule has 83 valence electrons. The third kappa shape index (κ3) is 2.61. The zero-order valence-electron chi connectivity index (χ0n) is 6.67. The van der Waals surface area contributed by atoms with Gasteiger partial charge in [0.15, 0.2) is 6.29 Å². The van der Waals surface area contributed by atoms with Gasteiger partial charge in [-0.1, -0.05) is 0 Å². The second kappa shape index (κ2) is 5.23. The van der Waals surface area contributed by atoms with Gasteiger partial charge in [0.25, 0.3) is 0 Å².